The zero-order valence-corrected chi connectivity index (χ0v) is 13.1. The molecule has 0 bridgehead atoms. The molecule has 0 aromatic carbocycles. The highest BCUT2D eigenvalue weighted by molar-refractivity contribution is 7.87. The van der Waals surface area contributed by atoms with Crippen molar-refractivity contribution in [3.05, 3.63) is 0 Å². The molecule has 1 aliphatic rings. The van der Waals surface area contributed by atoms with Gasteiger partial charge in [-0.15, -0.1) is 0 Å². The third kappa shape index (κ3) is 4.89. The molecular formula is C11H23N3O5S. The van der Waals surface area contributed by atoms with Crippen LogP contribution >= 0.6 is 0 Å². The lowest BCUT2D eigenvalue weighted by atomic mass is 10.1. The largest absolute Gasteiger partial charge is 0.446 e. The smallest absolute Gasteiger partial charge is 0.422 e. The lowest BCUT2D eigenvalue weighted by Gasteiger charge is -2.41. The zero-order valence-electron chi connectivity index (χ0n) is 12.3. The Labute approximate surface area is 119 Å². The van der Waals surface area contributed by atoms with E-state index in [1.54, 1.807) is 27.7 Å². The molecule has 0 aromatic heterocycles. The molecule has 0 spiro atoms. The maximum Gasteiger partial charge on any atom is 0.422 e. The normalized spacial score (nSPS) is 23.6. The second-order valence-electron chi connectivity index (χ2n) is 5.59. The number of ether oxygens (including phenoxy) is 2. The summed E-state index contributed by atoms with van der Waals surface area (Å²) in [7, 11) is -3.97. The van der Waals surface area contributed by atoms with Gasteiger partial charge >= 0.3 is 16.3 Å². The van der Waals surface area contributed by atoms with Crippen LogP contribution in [0.15, 0.2) is 0 Å². The van der Waals surface area contributed by atoms with E-state index in [2.05, 4.69) is 0 Å². The predicted molar refractivity (Wildman–Crippen MR) is 73.3 cm³/mol. The standard InChI is InChI=1S/C11H23N3O5S/c1-8(2)18-10(15)13-20(16,17)14-6-9(5-12)19-11(3,4)7-14/h8-9H,5-7,12H2,1-4H3,(H,13,15). The minimum atomic E-state index is -3.97. The molecule has 1 atom stereocenters. The van der Waals surface area contributed by atoms with Gasteiger partial charge in [-0.3, -0.25) is 0 Å². The monoisotopic (exact) mass is 309 g/mol. The van der Waals surface area contributed by atoms with Gasteiger partial charge in [-0.2, -0.15) is 12.7 Å². The van der Waals surface area contributed by atoms with Crippen LogP contribution in [0.1, 0.15) is 27.7 Å². The van der Waals surface area contributed by atoms with Gasteiger partial charge in [0.05, 0.1) is 17.8 Å². The van der Waals surface area contributed by atoms with Crippen molar-refractivity contribution in [2.24, 2.45) is 5.73 Å². The van der Waals surface area contributed by atoms with Crippen LogP contribution in [0.3, 0.4) is 0 Å². The molecule has 1 heterocycles. The van der Waals surface area contributed by atoms with Crippen LogP contribution in [0.2, 0.25) is 0 Å². The van der Waals surface area contributed by atoms with E-state index in [0.29, 0.717) is 0 Å². The van der Waals surface area contributed by atoms with Crippen molar-refractivity contribution in [2.75, 3.05) is 19.6 Å². The van der Waals surface area contributed by atoms with Crippen molar-refractivity contribution < 1.29 is 22.7 Å². The van der Waals surface area contributed by atoms with E-state index >= 15 is 0 Å². The Balaban J connectivity index is 2.78. The molecular weight excluding hydrogens is 286 g/mol. The summed E-state index contributed by atoms with van der Waals surface area (Å²) in [6, 6.07) is 0. The van der Waals surface area contributed by atoms with E-state index in [4.69, 9.17) is 15.2 Å². The zero-order chi connectivity index (χ0) is 15.6. The topological polar surface area (TPSA) is 111 Å². The van der Waals surface area contributed by atoms with Crippen molar-refractivity contribution in [1.82, 2.24) is 9.03 Å². The summed E-state index contributed by atoms with van der Waals surface area (Å²) >= 11 is 0. The van der Waals surface area contributed by atoms with Crippen molar-refractivity contribution in [1.29, 1.82) is 0 Å². The van der Waals surface area contributed by atoms with Crippen LogP contribution in [-0.4, -0.2) is 56.3 Å². The van der Waals surface area contributed by atoms with Crippen LogP contribution in [0.5, 0.6) is 0 Å². The second-order valence-corrected chi connectivity index (χ2v) is 7.26. The number of nitrogens with zero attached hydrogens (tertiary/aromatic N) is 1. The molecule has 1 aliphatic heterocycles. The summed E-state index contributed by atoms with van der Waals surface area (Å²) in [5.74, 6) is 0. The Kier molecular flexibility index (Phi) is 5.36. The average Bonchev–Trinajstić information content (AvgIpc) is 2.24. The Morgan fingerprint density at radius 1 is 1.55 bits per heavy atom. The summed E-state index contributed by atoms with van der Waals surface area (Å²) in [6.45, 7) is 7.24. The van der Waals surface area contributed by atoms with Gasteiger partial charge in [0, 0.05) is 19.6 Å². The van der Waals surface area contributed by atoms with Gasteiger partial charge in [-0.05, 0) is 27.7 Å². The summed E-state index contributed by atoms with van der Waals surface area (Å²) < 4.78 is 37.7. The molecule has 9 heteroatoms. The minimum absolute atomic E-state index is 0.101. The minimum Gasteiger partial charge on any atom is -0.446 e. The summed E-state index contributed by atoms with van der Waals surface area (Å²) in [5.41, 5.74) is 4.87. The first-order chi connectivity index (χ1) is 9.05. The van der Waals surface area contributed by atoms with Crippen molar-refractivity contribution >= 4 is 16.3 Å². The lowest BCUT2D eigenvalue weighted by Crippen LogP contribution is -2.59. The number of amides is 1. The Morgan fingerprint density at radius 2 is 2.15 bits per heavy atom. The van der Waals surface area contributed by atoms with Crippen molar-refractivity contribution in [3.8, 4) is 0 Å². The molecule has 0 aliphatic carbocycles. The molecule has 1 unspecified atom stereocenters. The van der Waals surface area contributed by atoms with Gasteiger partial charge in [0.25, 0.3) is 0 Å². The van der Waals surface area contributed by atoms with E-state index < -0.39 is 34.1 Å². The molecule has 0 aromatic rings. The predicted octanol–water partition coefficient (Wildman–Crippen LogP) is -0.196. The summed E-state index contributed by atoms with van der Waals surface area (Å²) in [4.78, 5) is 11.4. The van der Waals surface area contributed by atoms with E-state index in [1.807, 2.05) is 4.72 Å². The van der Waals surface area contributed by atoms with E-state index in [1.165, 1.54) is 0 Å². The molecule has 0 saturated carbocycles. The molecule has 0 radical (unpaired) electrons. The fourth-order valence-corrected chi connectivity index (χ4v) is 3.19. The van der Waals surface area contributed by atoms with Crippen LogP contribution < -0.4 is 10.5 Å². The lowest BCUT2D eigenvalue weighted by molar-refractivity contribution is -0.113. The quantitative estimate of drug-likeness (QED) is 0.744. The van der Waals surface area contributed by atoms with Crippen LogP contribution in [0.4, 0.5) is 4.79 Å². The number of morpholine rings is 1. The highest BCUT2D eigenvalue weighted by atomic mass is 32.2. The summed E-state index contributed by atoms with van der Waals surface area (Å²) in [5, 5.41) is 0. The van der Waals surface area contributed by atoms with Crippen LogP contribution in [-0.2, 0) is 19.7 Å². The van der Waals surface area contributed by atoms with Gasteiger partial charge in [0.1, 0.15) is 0 Å². The number of nitrogens with one attached hydrogen (secondary N) is 1. The number of nitrogens with two attached hydrogens (primary N) is 1. The summed E-state index contributed by atoms with van der Waals surface area (Å²) in [6.07, 6.45) is -1.80. The SMILES string of the molecule is CC(C)OC(=O)NS(=O)(=O)N1CC(CN)OC(C)(C)C1. The first-order valence-corrected chi connectivity index (χ1v) is 7.86. The first kappa shape index (κ1) is 17.2. The molecule has 118 valence electrons. The molecule has 8 nitrogen and oxygen atoms in total. The molecule has 1 rings (SSSR count). The number of rotatable bonds is 4. The fourth-order valence-electron chi connectivity index (χ4n) is 1.96. The molecule has 1 saturated heterocycles. The van der Waals surface area contributed by atoms with Crippen LogP contribution in [0, 0.1) is 0 Å². The third-order valence-corrected chi connectivity index (χ3v) is 3.99. The molecule has 1 fully saturated rings. The van der Waals surface area contributed by atoms with Crippen LogP contribution in [0.25, 0.3) is 0 Å². The van der Waals surface area contributed by atoms with E-state index in [0.717, 1.165) is 4.31 Å². The Morgan fingerprint density at radius 3 is 2.65 bits per heavy atom. The number of hydrogen-bond donors (Lipinski definition) is 2. The van der Waals surface area contributed by atoms with Gasteiger partial charge in [0.15, 0.2) is 0 Å². The second kappa shape index (κ2) is 6.25. The first-order valence-electron chi connectivity index (χ1n) is 6.42. The molecule has 1 amide bonds. The van der Waals surface area contributed by atoms with Gasteiger partial charge in [0.2, 0.25) is 0 Å². The van der Waals surface area contributed by atoms with E-state index in [9.17, 15) is 13.2 Å². The average molecular weight is 309 g/mol. The van der Waals surface area contributed by atoms with E-state index in [-0.39, 0.29) is 19.6 Å². The van der Waals surface area contributed by atoms with Gasteiger partial charge in [-0.25, -0.2) is 9.52 Å². The number of hydrogen-bond acceptors (Lipinski definition) is 6. The fraction of sp³-hybridized carbons (Fsp3) is 0.909. The number of carbonyl (C=O) groups is 1. The third-order valence-electron chi connectivity index (χ3n) is 2.61. The van der Waals surface area contributed by atoms with Crippen molar-refractivity contribution in [2.45, 2.75) is 45.5 Å². The molecule has 20 heavy (non-hydrogen) atoms. The maximum atomic E-state index is 12.1. The Hall–Kier alpha value is -0.900. The van der Waals surface area contributed by atoms with Gasteiger partial charge in [-0.1, -0.05) is 0 Å². The maximum absolute atomic E-state index is 12.1. The highest BCUT2D eigenvalue weighted by Crippen LogP contribution is 2.22. The van der Waals surface area contributed by atoms with Crippen molar-refractivity contribution in [3.63, 3.8) is 0 Å². The highest BCUT2D eigenvalue weighted by Gasteiger charge is 2.39. The van der Waals surface area contributed by atoms with Gasteiger partial charge < -0.3 is 15.2 Å². The Bertz CT molecular complexity index is 449. The molecule has 3 N–H and O–H groups in total. The number of carbonyl (C=O) groups excluding carboxylic acids is 1.